The van der Waals surface area contributed by atoms with Crippen molar-refractivity contribution in [3.63, 3.8) is 0 Å². The van der Waals surface area contributed by atoms with Crippen LogP contribution in [0.2, 0.25) is 0 Å². The highest BCUT2D eigenvalue weighted by Gasteiger charge is 2.32. The molecule has 23 rings (SSSR count). The highest BCUT2D eigenvalue weighted by atomic mass is 16.5. The molecule has 5 fully saturated rings. The molecule has 7 aliphatic rings. The van der Waals surface area contributed by atoms with Crippen LogP contribution < -0.4 is 103 Å². The molecule has 148 heavy (non-hydrogen) atoms. The molecule has 53 nitrogen and oxygen atoms in total. The molecular weight excluding hydrogens is 1900 g/mol. The van der Waals surface area contributed by atoms with Gasteiger partial charge in [-0.3, -0.25) is 98.8 Å². The maximum atomic E-state index is 12.8. The number of aromatic nitrogens is 26. The summed E-state index contributed by atoms with van der Waals surface area (Å²) in [7, 11) is 1.57. The fourth-order valence-corrected chi connectivity index (χ4v) is 17.1. The Morgan fingerprint density at radius 1 is 0.378 bits per heavy atom. The largest absolute Gasteiger partial charge is 0.497 e. The summed E-state index contributed by atoms with van der Waals surface area (Å²) in [5.41, 5.74) is 12.4. The van der Waals surface area contributed by atoms with Gasteiger partial charge < -0.3 is 92.6 Å². The van der Waals surface area contributed by atoms with Crippen molar-refractivity contribution < 1.29 is 38.3 Å². The van der Waals surface area contributed by atoms with Crippen molar-refractivity contribution in [3.8, 4) is 11.7 Å². The van der Waals surface area contributed by atoms with Crippen molar-refractivity contribution in [2.24, 2.45) is 0 Å². The van der Waals surface area contributed by atoms with Gasteiger partial charge in [-0.2, -0.15) is 24.9 Å². The number of nitrogens with one attached hydrogen (secondary N) is 16. The number of ether oxygens (including phenoxy) is 1. The number of fused-ring (bicyclic) bond motifs is 3. The first kappa shape index (κ1) is 98.0. The number of hydrogen-bond donors (Lipinski definition) is 16. The van der Waals surface area contributed by atoms with Gasteiger partial charge in [-0.1, -0.05) is 36.4 Å². The van der Waals surface area contributed by atoms with E-state index in [1.807, 2.05) is 77.8 Å². The quantitative estimate of drug-likeness (QED) is 0.0386. The molecule has 0 atom stereocenters. The van der Waals surface area contributed by atoms with Crippen LogP contribution in [0, 0.1) is 0 Å². The molecule has 0 unspecified atom stereocenters. The number of piperazine rings is 5. The van der Waals surface area contributed by atoms with Gasteiger partial charge in [-0.15, -0.1) is 35.3 Å². The van der Waals surface area contributed by atoms with E-state index in [0.29, 0.717) is 83.2 Å². The number of H-pyrrole nitrogens is 5. The van der Waals surface area contributed by atoms with Crippen LogP contribution in [-0.4, -0.2) is 316 Å². The number of methoxy groups -OCH3 is 1. The number of amides is 6. The summed E-state index contributed by atoms with van der Waals surface area (Å²) >= 11 is 0. The molecule has 0 bridgehead atoms. The summed E-state index contributed by atoms with van der Waals surface area (Å²) in [6.07, 6.45) is 27.3. The van der Waals surface area contributed by atoms with E-state index in [9.17, 15) is 38.4 Å². The predicted molar refractivity (Wildman–Crippen MR) is 545 cm³/mol. The van der Waals surface area contributed by atoms with E-state index in [2.05, 4.69) is 204 Å². The third-order valence-electron chi connectivity index (χ3n) is 24.5. The molecule has 53 heteroatoms. The fraction of sp³-hybridized carbons (Fsp3) is 0.274. The van der Waals surface area contributed by atoms with Crippen LogP contribution in [0.3, 0.4) is 0 Å². The van der Waals surface area contributed by atoms with Crippen LogP contribution in [0.4, 0.5) is 80.5 Å². The molecule has 2 aromatic carbocycles. The summed E-state index contributed by atoms with van der Waals surface area (Å²) in [4.78, 5) is 170. The van der Waals surface area contributed by atoms with Crippen LogP contribution in [0.5, 0.6) is 5.75 Å². The van der Waals surface area contributed by atoms with Crippen LogP contribution in [-0.2, 0) is 25.9 Å². The normalized spacial score (nSPS) is 14.8. The number of Topliss-reactive ketones (excluding diaryl/α,β-unsaturated/α-hetero) is 1. The van der Waals surface area contributed by atoms with E-state index in [0.717, 1.165) is 181 Å². The van der Waals surface area contributed by atoms with E-state index < -0.39 is 29.3 Å². The Morgan fingerprint density at radius 3 is 1.29 bits per heavy atom. The third-order valence-corrected chi connectivity index (χ3v) is 24.5. The van der Waals surface area contributed by atoms with Crippen LogP contribution >= 0.6 is 0 Å². The van der Waals surface area contributed by atoms with Crippen molar-refractivity contribution in [2.45, 2.75) is 25.9 Å². The number of benzene rings is 2. The average molecular weight is 2000 g/mol. The first-order valence-corrected chi connectivity index (χ1v) is 47.6. The Morgan fingerprint density at radius 2 is 0.804 bits per heavy atom. The molecule has 5 saturated heterocycles. The molecule has 756 valence electrons. The SMILES string of the molecule is COc1cccc(CC(=O)c2n[nH]c(C(=O)Nc3cnccc3N3CCNCC3)n2)c1.O=C(Nc1cnccc1N1CCNCC1)c1nc(-n2nc3ccccn3c2=O)n[nH]1.O=C(Nc1cnccc1N1CCNCC1)c1nc(N2CCc3ccccc3C2=O)n[nH]1.O=C(Nc1cnccc1N1CCNCC1)c1nc(N2Cc3ccncc3C2)n[nH]1.O=C(Nc1cnccc1N1CCNCC1)c1nc(Nc2cnccn2)n[nH]1. The van der Waals surface area contributed by atoms with Gasteiger partial charge in [-0.25, -0.2) is 14.2 Å². The highest BCUT2D eigenvalue weighted by Crippen LogP contribution is 2.33. The average Bonchev–Trinajstić information content (AvgIpc) is 1.60. The van der Waals surface area contributed by atoms with Crippen molar-refractivity contribution in [1.82, 2.24) is 157 Å². The van der Waals surface area contributed by atoms with Gasteiger partial charge in [0, 0.05) is 224 Å². The zero-order valence-corrected chi connectivity index (χ0v) is 79.9. The summed E-state index contributed by atoms with van der Waals surface area (Å²) in [6.45, 7) is 19.2. The standard InChI is InChI=1S/C21H22N8O2.C21H23N7O3.C19H21N9O.C18H18N10O2.C16H18N10O/c30-19(24-16-13-23-7-5-17(16)28-11-8-22-9-12-28)18-25-21(27-26-18)29-10-6-14-3-1-2-4-15(14)20(29)31;1-31-15-4-2-3-14(11-15)12-18(29)19-25-20(27-26-19)21(30)24-16-13-23-6-5-17(16)28-9-7-22-8-10-28;29-18(23-15-10-22-4-2-16(15)27-7-5-20-6-8-27)17-24-19(26-25-17)28-11-13-1-3-21-9-14(13)12-28;29-16(21-12-11-20-5-4-13(12)26-9-6-19-7-10-26)15-22-17(24-23-15)28-18(30)27-8-2-1-3-14(27)25-28;27-15(14-23-16(25-24-14)22-13-10-19-3-4-20-13)21-11-9-18-2-1-12(11)26-7-5-17-6-8-26/h1-5,7,13,22H,6,8-12H2,(H,24,30)(H,25,26,27);2-6,11,13,22H,7-10,12H2,1H3,(H,24,30)(H,25,26,27);1-4,9-10,20H,5-8,11-12H2,(H,23,29)(H,24,25,26);1-5,8,11,19H,6-7,9-10H2,(H,21,29)(H,22,23,24);1-4,9-10,17H,5-8H2,(H,21,27)(H2,20,22,23,24,25). The molecule has 6 amide bonds. The number of ketones is 1. The van der Waals surface area contributed by atoms with Gasteiger partial charge in [-0.05, 0) is 95.4 Å². The molecular formula is C95H102N44O9. The van der Waals surface area contributed by atoms with Gasteiger partial charge in [0.05, 0.1) is 101 Å². The van der Waals surface area contributed by atoms with Crippen molar-refractivity contribution in [2.75, 3.05) is 211 Å². The monoisotopic (exact) mass is 2000 g/mol. The van der Waals surface area contributed by atoms with E-state index in [1.54, 1.807) is 130 Å². The molecule has 7 aliphatic heterocycles. The van der Waals surface area contributed by atoms with Crippen molar-refractivity contribution >= 4 is 127 Å². The lowest BCUT2D eigenvalue weighted by Crippen LogP contribution is -2.43. The molecule has 0 spiro atoms. The Balaban J connectivity index is 0.000000116. The third kappa shape index (κ3) is 23.9. The van der Waals surface area contributed by atoms with Gasteiger partial charge >= 0.3 is 5.69 Å². The van der Waals surface area contributed by atoms with E-state index >= 15 is 0 Å². The van der Waals surface area contributed by atoms with E-state index in [-0.39, 0.29) is 76.8 Å². The van der Waals surface area contributed by atoms with Gasteiger partial charge in [0.25, 0.3) is 47.3 Å². The first-order chi connectivity index (χ1) is 72.6. The van der Waals surface area contributed by atoms with Gasteiger partial charge in [0.15, 0.2) is 11.5 Å². The molecule has 0 saturated carbocycles. The minimum atomic E-state index is -0.491. The van der Waals surface area contributed by atoms with E-state index in [1.165, 1.54) is 21.1 Å². The first-order valence-electron chi connectivity index (χ1n) is 47.6. The molecule has 0 radical (unpaired) electrons. The summed E-state index contributed by atoms with van der Waals surface area (Å²) in [5, 5.41) is 71.2. The predicted octanol–water partition coefficient (Wildman–Crippen LogP) is 3.19. The molecule has 21 heterocycles. The number of carbonyl (C=O) groups is 7. The zero-order valence-electron chi connectivity index (χ0n) is 79.9. The Kier molecular flexibility index (Phi) is 31.1. The summed E-state index contributed by atoms with van der Waals surface area (Å²) in [5.74, 6) is -0.395. The Bertz CT molecular complexity index is 7370. The molecule has 0 aliphatic carbocycles. The second kappa shape index (κ2) is 47.0. The second-order valence-corrected chi connectivity index (χ2v) is 34.0. The maximum absolute atomic E-state index is 12.8. The number of carbonyl (C=O) groups excluding carboxylic acids is 7. The summed E-state index contributed by atoms with van der Waals surface area (Å²) < 4.78 is 7.58. The minimum Gasteiger partial charge on any atom is -0.497 e. The topological polar surface area (TPSA) is 634 Å². The lowest BCUT2D eigenvalue weighted by atomic mass is 9.99. The van der Waals surface area contributed by atoms with Crippen LogP contribution in [0.15, 0.2) is 207 Å². The van der Waals surface area contributed by atoms with Crippen LogP contribution in [0.25, 0.3) is 11.6 Å². The number of hydrogen-bond acceptors (Lipinski definition) is 40. The smallest absolute Gasteiger partial charge is 0.357 e. The van der Waals surface area contributed by atoms with E-state index in [4.69, 9.17) is 4.74 Å². The number of aromatic amines is 5. The molecule has 14 aromatic heterocycles. The number of rotatable bonds is 24. The molecule has 16 aromatic rings. The lowest BCUT2D eigenvalue weighted by Gasteiger charge is -2.30. The number of anilines is 14. The Labute approximate surface area is 842 Å². The fourth-order valence-electron chi connectivity index (χ4n) is 17.1. The van der Waals surface area contributed by atoms with Gasteiger partial charge in [0.1, 0.15) is 5.75 Å². The second-order valence-electron chi connectivity index (χ2n) is 34.0. The minimum absolute atomic E-state index is 0.0117. The zero-order chi connectivity index (χ0) is 101. The maximum Gasteiger partial charge on any atom is 0.357 e. The number of pyridine rings is 7. The van der Waals surface area contributed by atoms with Crippen LogP contribution in [0.1, 0.15) is 96.3 Å². The Hall–Kier alpha value is -18.8. The van der Waals surface area contributed by atoms with Crippen molar-refractivity contribution in [1.29, 1.82) is 0 Å². The highest BCUT2D eigenvalue weighted by molar-refractivity contribution is 6.09. The van der Waals surface area contributed by atoms with Gasteiger partial charge in [0.2, 0.25) is 52.6 Å². The summed E-state index contributed by atoms with van der Waals surface area (Å²) in [6, 6.07) is 31.3. The molecule has 16 N–H and O–H groups in total. The lowest BCUT2D eigenvalue weighted by molar-refractivity contribution is 0.0971. The number of nitrogens with zero attached hydrogens (tertiary/aromatic N) is 28. The van der Waals surface area contributed by atoms with Crippen molar-refractivity contribution in [3.05, 3.63) is 276 Å².